The van der Waals surface area contributed by atoms with Gasteiger partial charge in [0.15, 0.2) is 0 Å². The minimum atomic E-state index is 0.0230. The molecule has 2 fully saturated rings. The quantitative estimate of drug-likeness (QED) is 0.764. The lowest BCUT2D eigenvalue weighted by Gasteiger charge is -2.26. The molecule has 2 unspecified atom stereocenters. The van der Waals surface area contributed by atoms with Crippen LogP contribution in [0.1, 0.15) is 51.0 Å². The molecule has 0 spiro atoms. The SMILES string of the molecule is CC1CCCC(OCc2cccc(NC(=O)CNCC3CC3)c2)C1. The van der Waals surface area contributed by atoms with Gasteiger partial charge in [-0.15, -0.1) is 0 Å². The number of carbonyl (C=O) groups excluding carboxylic acids is 1. The van der Waals surface area contributed by atoms with E-state index in [0.29, 0.717) is 19.3 Å². The van der Waals surface area contributed by atoms with Crippen LogP contribution < -0.4 is 10.6 Å². The number of anilines is 1. The summed E-state index contributed by atoms with van der Waals surface area (Å²) in [6.45, 7) is 4.28. The molecule has 0 aromatic heterocycles. The summed E-state index contributed by atoms with van der Waals surface area (Å²) < 4.78 is 6.07. The molecule has 0 heterocycles. The maximum Gasteiger partial charge on any atom is 0.238 e. The normalized spacial score (nSPS) is 23.9. The van der Waals surface area contributed by atoms with E-state index in [0.717, 1.165) is 29.6 Å². The second-order valence-electron chi connectivity index (χ2n) is 7.53. The number of carbonyl (C=O) groups is 1. The van der Waals surface area contributed by atoms with Crippen LogP contribution >= 0.6 is 0 Å². The molecule has 0 radical (unpaired) electrons. The summed E-state index contributed by atoms with van der Waals surface area (Å²) in [6.07, 6.45) is 7.94. The van der Waals surface area contributed by atoms with Gasteiger partial charge in [-0.3, -0.25) is 4.79 Å². The second-order valence-corrected chi connectivity index (χ2v) is 7.53. The van der Waals surface area contributed by atoms with E-state index in [9.17, 15) is 4.79 Å². The van der Waals surface area contributed by atoms with Gasteiger partial charge in [-0.05, 0) is 61.8 Å². The molecular formula is C20H30N2O2. The summed E-state index contributed by atoms with van der Waals surface area (Å²) in [7, 11) is 0. The van der Waals surface area contributed by atoms with Crippen molar-refractivity contribution >= 4 is 11.6 Å². The Balaban J connectivity index is 1.41. The molecular weight excluding hydrogens is 300 g/mol. The zero-order chi connectivity index (χ0) is 16.8. The molecule has 2 N–H and O–H groups in total. The maximum atomic E-state index is 12.0. The molecule has 132 valence electrons. The summed E-state index contributed by atoms with van der Waals surface area (Å²) in [5, 5.41) is 6.18. The Labute approximate surface area is 145 Å². The number of ether oxygens (including phenoxy) is 1. The van der Waals surface area contributed by atoms with Crippen LogP contribution in [0, 0.1) is 11.8 Å². The number of hydrogen-bond acceptors (Lipinski definition) is 3. The third-order valence-corrected chi connectivity index (χ3v) is 5.00. The molecule has 0 saturated heterocycles. The van der Waals surface area contributed by atoms with Crippen molar-refractivity contribution in [3.63, 3.8) is 0 Å². The number of nitrogens with one attached hydrogen (secondary N) is 2. The van der Waals surface area contributed by atoms with E-state index in [1.165, 1.54) is 38.5 Å². The molecule has 3 rings (SSSR count). The van der Waals surface area contributed by atoms with E-state index in [2.05, 4.69) is 23.6 Å². The van der Waals surface area contributed by atoms with Crippen LogP contribution in [0.25, 0.3) is 0 Å². The average molecular weight is 330 g/mol. The lowest BCUT2D eigenvalue weighted by Crippen LogP contribution is -2.29. The van der Waals surface area contributed by atoms with E-state index in [1.807, 2.05) is 18.2 Å². The van der Waals surface area contributed by atoms with Crippen LogP contribution in [0.15, 0.2) is 24.3 Å². The molecule has 2 aliphatic rings. The Morgan fingerprint density at radius 1 is 1.25 bits per heavy atom. The molecule has 1 amide bonds. The number of hydrogen-bond donors (Lipinski definition) is 2. The van der Waals surface area contributed by atoms with Gasteiger partial charge in [-0.25, -0.2) is 0 Å². The van der Waals surface area contributed by atoms with E-state index in [1.54, 1.807) is 0 Å². The zero-order valence-electron chi connectivity index (χ0n) is 14.7. The fourth-order valence-corrected chi connectivity index (χ4v) is 3.40. The lowest BCUT2D eigenvalue weighted by atomic mass is 9.89. The van der Waals surface area contributed by atoms with Crippen LogP contribution in [0.2, 0.25) is 0 Å². The molecule has 0 aliphatic heterocycles. The van der Waals surface area contributed by atoms with Crippen molar-refractivity contribution in [1.29, 1.82) is 0 Å². The van der Waals surface area contributed by atoms with Gasteiger partial charge < -0.3 is 15.4 Å². The van der Waals surface area contributed by atoms with Gasteiger partial charge in [0.05, 0.1) is 19.3 Å². The lowest BCUT2D eigenvalue weighted by molar-refractivity contribution is -0.115. The predicted molar refractivity (Wildman–Crippen MR) is 96.9 cm³/mol. The predicted octanol–water partition coefficient (Wildman–Crippen LogP) is 3.72. The van der Waals surface area contributed by atoms with Gasteiger partial charge in [0.1, 0.15) is 0 Å². The molecule has 1 aromatic rings. The summed E-state index contributed by atoms with van der Waals surface area (Å²) in [5.41, 5.74) is 1.98. The van der Waals surface area contributed by atoms with Gasteiger partial charge in [0.25, 0.3) is 0 Å². The number of amides is 1. The van der Waals surface area contributed by atoms with E-state index < -0.39 is 0 Å². The Kier molecular flexibility index (Phi) is 6.27. The highest BCUT2D eigenvalue weighted by atomic mass is 16.5. The van der Waals surface area contributed by atoms with Crippen molar-refractivity contribution in [3.8, 4) is 0 Å². The van der Waals surface area contributed by atoms with E-state index >= 15 is 0 Å². The van der Waals surface area contributed by atoms with Gasteiger partial charge >= 0.3 is 0 Å². The minimum Gasteiger partial charge on any atom is -0.374 e. The van der Waals surface area contributed by atoms with Crippen molar-refractivity contribution in [1.82, 2.24) is 5.32 Å². The molecule has 24 heavy (non-hydrogen) atoms. The first-order chi connectivity index (χ1) is 11.7. The summed E-state index contributed by atoms with van der Waals surface area (Å²) >= 11 is 0. The topological polar surface area (TPSA) is 50.4 Å². The molecule has 4 nitrogen and oxygen atoms in total. The van der Waals surface area contributed by atoms with Crippen LogP contribution in [0.5, 0.6) is 0 Å². The highest BCUT2D eigenvalue weighted by molar-refractivity contribution is 5.92. The number of benzene rings is 1. The largest absolute Gasteiger partial charge is 0.374 e. The summed E-state index contributed by atoms with van der Waals surface area (Å²) in [4.78, 5) is 12.0. The van der Waals surface area contributed by atoms with Crippen LogP contribution in [-0.2, 0) is 16.1 Å². The van der Waals surface area contributed by atoms with Crippen LogP contribution in [0.4, 0.5) is 5.69 Å². The van der Waals surface area contributed by atoms with Crippen LogP contribution in [0.3, 0.4) is 0 Å². The first kappa shape index (κ1) is 17.4. The molecule has 2 aliphatic carbocycles. The monoisotopic (exact) mass is 330 g/mol. The van der Waals surface area contributed by atoms with Gasteiger partial charge in [-0.2, -0.15) is 0 Å². The standard InChI is InChI=1S/C20H30N2O2/c1-15-4-2-7-19(10-15)24-14-17-5-3-6-18(11-17)22-20(23)13-21-12-16-8-9-16/h3,5-6,11,15-16,19,21H,2,4,7-10,12-14H2,1H3,(H,22,23). The third kappa shape index (κ3) is 5.91. The minimum absolute atomic E-state index is 0.0230. The third-order valence-electron chi connectivity index (χ3n) is 5.00. The van der Waals surface area contributed by atoms with Gasteiger partial charge in [0, 0.05) is 5.69 Å². The average Bonchev–Trinajstić information content (AvgIpc) is 3.38. The maximum absolute atomic E-state index is 12.0. The second kappa shape index (κ2) is 8.63. The first-order valence-corrected chi connectivity index (χ1v) is 9.40. The fourth-order valence-electron chi connectivity index (χ4n) is 3.40. The van der Waals surface area contributed by atoms with Crippen molar-refractivity contribution in [2.75, 3.05) is 18.4 Å². The van der Waals surface area contributed by atoms with E-state index in [-0.39, 0.29) is 5.91 Å². The highest BCUT2D eigenvalue weighted by Crippen LogP contribution is 2.27. The smallest absolute Gasteiger partial charge is 0.238 e. The Hall–Kier alpha value is -1.39. The first-order valence-electron chi connectivity index (χ1n) is 9.40. The molecule has 4 heteroatoms. The van der Waals surface area contributed by atoms with Gasteiger partial charge in [0.2, 0.25) is 5.91 Å². The van der Waals surface area contributed by atoms with Crippen LogP contribution in [-0.4, -0.2) is 25.1 Å². The molecule has 2 saturated carbocycles. The van der Waals surface area contributed by atoms with Crippen molar-refractivity contribution in [2.24, 2.45) is 11.8 Å². The fraction of sp³-hybridized carbons (Fsp3) is 0.650. The molecule has 0 bridgehead atoms. The van der Waals surface area contributed by atoms with Gasteiger partial charge in [-0.1, -0.05) is 31.9 Å². The summed E-state index contributed by atoms with van der Waals surface area (Å²) in [5.74, 6) is 1.59. The Morgan fingerprint density at radius 2 is 2.12 bits per heavy atom. The molecule has 2 atom stereocenters. The molecule has 1 aromatic carbocycles. The zero-order valence-corrected chi connectivity index (χ0v) is 14.7. The van der Waals surface area contributed by atoms with Crippen molar-refractivity contribution in [3.05, 3.63) is 29.8 Å². The van der Waals surface area contributed by atoms with E-state index in [4.69, 9.17) is 4.74 Å². The van der Waals surface area contributed by atoms with Crippen molar-refractivity contribution in [2.45, 2.75) is 58.2 Å². The summed E-state index contributed by atoms with van der Waals surface area (Å²) in [6, 6.07) is 8.00. The highest BCUT2D eigenvalue weighted by Gasteiger charge is 2.21. The number of rotatable bonds is 8. The Bertz CT molecular complexity index is 542. The Morgan fingerprint density at radius 3 is 2.92 bits per heavy atom. The van der Waals surface area contributed by atoms with Crippen molar-refractivity contribution < 1.29 is 9.53 Å².